The second-order valence-corrected chi connectivity index (χ2v) is 4.83. The summed E-state index contributed by atoms with van der Waals surface area (Å²) in [7, 11) is 0. The molecule has 19 heavy (non-hydrogen) atoms. The molecule has 0 atom stereocenters. The molecule has 1 aromatic carbocycles. The number of benzene rings is 1. The molecule has 4 N–H and O–H groups in total. The molecule has 2 amide bonds. The standard InChI is InChI=1S/C14H21N3O2/c1-10(2)6-13(18)17-12-5-3-4-11(7-12)9-16-14(19)8-15/h3-5,7,10H,6,8-9,15H2,1-2H3,(H,16,19)(H,17,18). The van der Waals surface area contributed by atoms with Crippen LogP contribution in [0.1, 0.15) is 25.8 Å². The van der Waals surface area contributed by atoms with E-state index in [1.807, 2.05) is 38.1 Å². The van der Waals surface area contributed by atoms with E-state index in [-0.39, 0.29) is 18.4 Å². The first-order valence-electron chi connectivity index (χ1n) is 6.37. The normalized spacial score (nSPS) is 10.3. The number of carbonyl (C=O) groups is 2. The smallest absolute Gasteiger partial charge is 0.234 e. The Morgan fingerprint density at radius 2 is 2.00 bits per heavy atom. The second-order valence-electron chi connectivity index (χ2n) is 4.83. The van der Waals surface area contributed by atoms with Crippen LogP contribution in [0.4, 0.5) is 5.69 Å². The minimum absolute atomic E-state index is 0.00172. The molecule has 5 heteroatoms. The summed E-state index contributed by atoms with van der Waals surface area (Å²) in [5, 5.41) is 5.52. The number of carbonyl (C=O) groups excluding carboxylic acids is 2. The van der Waals surface area contributed by atoms with Crippen molar-refractivity contribution in [2.75, 3.05) is 11.9 Å². The number of amides is 2. The van der Waals surface area contributed by atoms with E-state index in [1.165, 1.54) is 0 Å². The maximum atomic E-state index is 11.6. The molecule has 0 bridgehead atoms. The average Bonchev–Trinajstić information content (AvgIpc) is 2.35. The van der Waals surface area contributed by atoms with Gasteiger partial charge in [0, 0.05) is 18.7 Å². The highest BCUT2D eigenvalue weighted by Crippen LogP contribution is 2.12. The summed E-state index contributed by atoms with van der Waals surface area (Å²) < 4.78 is 0. The van der Waals surface area contributed by atoms with Crippen molar-refractivity contribution in [2.24, 2.45) is 11.7 Å². The molecule has 0 spiro atoms. The highest BCUT2D eigenvalue weighted by molar-refractivity contribution is 5.90. The van der Waals surface area contributed by atoms with Crippen LogP contribution in [0.2, 0.25) is 0 Å². The Hall–Kier alpha value is -1.88. The zero-order chi connectivity index (χ0) is 14.3. The van der Waals surface area contributed by atoms with Gasteiger partial charge in [-0.3, -0.25) is 9.59 Å². The zero-order valence-electron chi connectivity index (χ0n) is 11.4. The fraction of sp³-hybridized carbons (Fsp3) is 0.429. The van der Waals surface area contributed by atoms with E-state index in [0.29, 0.717) is 18.9 Å². The minimum Gasteiger partial charge on any atom is -0.351 e. The largest absolute Gasteiger partial charge is 0.351 e. The topological polar surface area (TPSA) is 84.2 Å². The monoisotopic (exact) mass is 263 g/mol. The number of hydrogen-bond donors (Lipinski definition) is 3. The molecule has 0 aliphatic heterocycles. The fourth-order valence-electron chi connectivity index (χ4n) is 1.61. The van der Waals surface area contributed by atoms with Gasteiger partial charge >= 0.3 is 0 Å². The number of rotatable bonds is 6. The first kappa shape index (κ1) is 15.2. The summed E-state index contributed by atoms with van der Waals surface area (Å²) >= 11 is 0. The van der Waals surface area contributed by atoms with Crippen molar-refractivity contribution in [3.63, 3.8) is 0 Å². The number of hydrogen-bond acceptors (Lipinski definition) is 3. The summed E-state index contributed by atoms with van der Waals surface area (Å²) in [5.74, 6) is 0.124. The lowest BCUT2D eigenvalue weighted by Gasteiger charge is -2.09. The van der Waals surface area contributed by atoms with Crippen molar-refractivity contribution >= 4 is 17.5 Å². The van der Waals surface area contributed by atoms with Gasteiger partial charge in [-0.1, -0.05) is 26.0 Å². The van der Waals surface area contributed by atoms with Gasteiger partial charge < -0.3 is 16.4 Å². The third kappa shape index (κ3) is 6.01. The van der Waals surface area contributed by atoms with Crippen molar-refractivity contribution < 1.29 is 9.59 Å². The van der Waals surface area contributed by atoms with Crippen LogP contribution in [-0.2, 0) is 16.1 Å². The minimum atomic E-state index is -0.200. The Labute approximate surface area is 113 Å². The van der Waals surface area contributed by atoms with Crippen LogP contribution in [-0.4, -0.2) is 18.4 Å². The van der Waals surface area contributed by atoms with Crippen molar-refractivity contribution in [1.82, 2.24) is 5.32 Å². The molecule has 0 aromatic heterocycles. The van der Waals surface area contributed by atoms with E-state index < -0.39 is 0 Å². The van der Waals surface area contributed by atoms with Gasteiger partial charge in [0.05, 0.1) is 6.54 Å². The van der Waals surface area contributed by atoms with Crippen molar-refractivity contribution in [3.8, 4) is 0 Å². The highest BCUT2D eigenvalue weighted by Gasteiger charge is 2.05. The van der Waals surface area contributed by atoms with Gasteiger partial charge in [-0.05, 0) is 23.6 Å². The molecule has 0 unspecified atom stereocenters. The van der Waals surface area contributed by atoms with E-state index in [2.05, 4.69) is 10.6 Å². The summed E-state index contributed by atoms with van der Waals surface area (Å²) in [6.07, 6.45) is 0.494. The third-order valence-corrected chi connectivity index (χ3v) is 2.48. The molecular formula is C14H21N3O2. The Morgan fingerprint density at radius 1 is 1.26 bits per heavy atom. The van der Waals surface area contributed by atoms with Crippen molar-refractivity contribution in [1.29, 1.82) is 0 Å². The Balaban J connectivity index is 2.56. The molecule has 1 rings (SSSR count). The van der Waals surface area contributed by atoms with Gasteiger partial charge in [0.2, 0.25) is 11.8 Å². The number of nitrogens with one attached hydrogen (secondary N) is 2. The van der Waals surface area contributed by atoms with Crippen LogP contribution in [0.25, 0.3) is 0 Å². The number of anilines is 1. The summed E-state index contributed by atoms with van der Waals surface area (Å²) in [6, 6.07) is 7.39. The van der Waals surface area contributed by atoms with Crippen LogP contribution in [0.5, 0.6) is 0 Å². The number of nitrogens with two attached hydrogens (primary N) is 1. The Morgan fingerprint density at radius 3 is 2.63 bits per heavy atom. The Kier molecular flexibility index (Phi) is 6.02. The van der Waals surface area contributed by atoms with Crippen LogP contribution < -0.4 is 16.4 Å². The van der Waals surface area contributed by atoms with Crippen LogP contribution in [0.15, 0.2) is 24.3 Å². The first-order valence-corrected chi connectivity index (χ1v) is 6.37. The average molecular weight is 263 g/mol. The van der Waals surface area contributed by atoms with Crippen LogP contribution in [0.3, 0.4) is 0 Å². The predicted octanol–water partition coefficient (Wildman–Crippen LogP) is 1.25. The van der Waals surface area contributed by atoms with E-state index in [1.54, 1.807) is 0 Å². The van der Waals surface area contributed by atoms with Crippen molar-refractivity contribution in [3.05, 3.63) is 29.8 Å². The van der Waals surface area contributed by atoms with Crippen LogP contribution in [0, 0.1) is 5.92 Å². The molecule has 0 aliphatic rings. The lowest BCUT2D eigenvalue weighted by atomic mass is 10.1. The van der Waals surface area contributed by atoms with Gasteiger partial charge in [0.1, 0.15) is 0 Å². The van der Waals surface area contributed by atoms with Crippen LogP contribution >= 0.6 is 0 Å². The molecule has 5 nitrogen and oxygen atoms in total. The fourth-order valence-corrected chi connectivity index (χ4v) is 1.61. The molecular weight excluding hydrogens is 242 g/mol. The van der Waals surface area contributed by atoms with E-state index >= 15 is 0 Å². The van der Waals surface area contributed by atoms with Gasteiger partial charge in [0.25, 0.3) is 0 Å². The maximum absolute atomic E-state index is 11.6. The quantitative estimate of drug-likeness (QED) is 0.722. The summed E-state index contributed by atoms with van der Waals surface area (Å²) in [4.78, 5) is 22.7. The molecule has 0 fully saturated rings. The maximum Gasteiger partial charge on any atom is 0.234 e. The summed E-state index contributed by atoms with van der Waals surface area (Å²) in [5.41, 5.74) is 6.87. The van der Waals surface area contributed by atoms with Gasteiger partial charge in [-0.25, -0.2) is 0 Å². The van der Waals surface area contributed by atoms with Gasteiger partial charge in [-0.15, -0.1) is 0 Å². The third-order valence-electron chi connectivity index (χ3n) is 2.48. The predicted molar refractivity (Wildman–Crippen MR) is 75.4 cm³/mol. The SMILES string of the molecule is CC(C)CC(=O)Nc1cccc(CNC(=O)CN)c1. The lowest BCUT2D eigenvalue weighted by molar-refractivity contribution is -0.120. The second kappa shape index (κ2) is 7.53. The molecule has 0 aliphatic carbocycles. The Bertz CT molecular complexity index is 444. The highest BCUT2D eigenvalue weighted by atomic mass is 16.2. The lowest BCUT2D eigenvalue weighted by Crippen LogP contribution is -2.29. The molecule has 0 saturated carbocycles. The molecule has 0 saturated heterocycles. The van der Waals surface area contributed by atoms with E-state index in [9.17, 15) is 9.59 Å². The molecule has 1 aromatic rings. The van der Waals surface area contributed by atoms with Gasteiger partial charge in [-0.2, -0.15) is 0 Å². The van der Waals surface area contributed by atoms with Gasteiger partial charge in [0.15, 0.2) is 0 Å². The van der Waals surface area contributed by atoms with Crippen molar-refractivity contribution in [2.45, 2.75) is 26.8 Å². The molecule has 0 radical (unpaired) electrons. The van der Waals surface area contributed by atoms with E-state index in [4.69, 9.17) is 5.73 Å². The molecule has 0 heterocycles. The summed E-state index contributed by atoms with van der Waals surface area (Å²) in [6.45, 7) is 4.38. The van der Waals surface area contributed by atoms with E-state index in [0.717, 1.165) is 11.3 Å². The molecule has 104 valence electrons. The zero-order valence-corrected chi connectivity index (χ0v) is 11.4. The first-order chi connectivity index (χ1) is 9.01.